The van der Waals surface area contributed by atoms with Gasteiger partial charge in [0.2, 0.25) is 0 Å². The first-order chi connectivity index (χ1) is 10.2. The third kappa shape index (κ3) is 3.88. The number of halogens is 1. The number of hydrogen-bond acceptors (Lipinski definition) is 2. The molecule has 1 saturated carbocycles. The highest BCUT2D eigenvalue weighted by Gasteiger charge is 2.34. The van der Waals surface area contributed by atoms with Crippen molar-refractivity contribution in [2.45, 2.75) is 63.6 Å². The van der Waals surface area contributed by atoms with E-state index in [-0.39, 0.29) is 0 Å². The molecule has 1 heterocycles. The fourth-order valence-electron chi connectivity index (χ4n) is 4.09. The summed E-state index contributed by atoms with van der Waals surface area (Å²) in [6, 6.07) is 10.6. The van der Waals surface area contributed by atoms with E-state index in [1.54, 1.807) is 0 Å². The SMILES string of the molecule is CC(NC1CCCC1C1CCCCN1)c1ccc(Br)cc1. The van der Waals surface area contributed by atoms with Crippen LogP contribution in [0.1, 0.15) is 57.1 Å². The first kappa shape index (κ1) is 15.5. The third-order valence-corrected chi connectivity index (χ3v) is 5.80. The Labute approximate surface area is 137 Å². The molecule has 3 heteroatoms. The van der Waals surface area contributed by atoms with Crippen LogP contribution in [0.4, 0.5) is 0 Å². The van der Waals surface area contributed by atoms with E-state index in [4.69, 9.17) is 0 Å². The van der Waals surface area contributed by atoms with Crippen LogP contribution in [0, 0.1) is 5.92 Å². The minimum absolute atomic E-state index is 0.437. The molecule has 4 unspecified atom stereocenters. The van der Waals surface area contributed by atoms with Gasteiger partial charge in [0, 0.05) is 22.6 Å². The lowest BCUT2D eigenvalue weighted by atomic mass is 9.88. The maximum atomic E-state index is 3.91. The smallest absolute Gasteiger partial charge is 0.0294 e. The van der Waals surface area contributed by atoms with Crippen LogP contribution in [0.25, 0.3) is 0 Å². The zero-order chi connectivity index (χ0) is 14.7. The second kappa shape index (κ2) is 7.26. The Bertz CT molecular complexity index is 439. The number of rotatable bonds is 4. The van der Waals surface area contributed by atoms with E-state index in [1.165, 1.54) is 50.6 Å². The minimum atomic E-state index is 0.437. The van der Waals surface area contributed by atoms with Gasteiger partial charge in [0.05, 0.1) is 0 Å². The van der Waals surface area contributed by atoms with Crippen LogP contribution in [-0.2, 0) is 0 Å². The molecule has 1 aromatic carbocycles. The zero-order valence-electron chi connectivity index (χ0n) is 12.9. The summed E-state index contributed by atoms with van der Waals surface area (Å²) in [6.45, 7) is 3.52. The highest BCUT2D eigenvalue weighted by atomic mass is 79.9. The average molecular weight is 351 g/mol. The van der Waals surface area contributed by atoms with E-state index in [2.05, 4.69) is 57.8 Å². The van der Waals surface area contributed by atoms with Gasteiger partial charge in [0.25, 0.3) is 0 Å². The lowest BCUT2D eigenvalue weighted by Gasteiger charge is -2.34. The Morgan fingerprint density at radius 1 is 1.10 bits per heavy atom. The average Bonchev–Trinajstić information content (AvgIpc) is 2.97. The molecule has 2 nitrogen and oxygen atoms in total. The molecule has 2 fully saturated rings. The largest absolute Gasteiger partial charge is 0.314 e. The monoisotopic (exact) mass is 350 g/mol. The van der Waals surface area contributed by atoms with Crippen molar-refractivity contribution < 1.29 is 0 Å². The van der Waals surface area contributed by atoms with Crippen molar-refractivity contribution in [3.63, 3.8) is 0 Å². The van der Waals surface area contributed by atoms with Crippen LogP contribution in [0.5, 0.6) is 0 Å². The van der Waals surface area contributed by atoms with E-state index in [1.807, 2.05) is 0 Å². The molecular weight excluding hydrogens is 324 g/mol. The van der Waals surface area contributed by atoms with Crippen LogP contribution in [-0.4, -0.2) is 18.6 Å². The highest BCUT2D eigenvalue weighted by molar-refractivity contribution is 9.10. The van der Waals surface area contributed by atoms with Gasteiger partial charge in [-0.1, -0.05) is 40.9 Å². The molecule has 21 heavy (non-hydrogen) atoms. The first-order valence-electron chi connectivity index (χ1n) is 8.49. The van der Waals surface area contributed by atoms with Crippen LogP contribution in [0.3, 0.4) is 0 Å². The Morgan fingerprint density at radius 3 is 2.62 bits per heavy atom. The molecule has 1 aromatic rings. The molecule has 0 bridgehead atoms. The van der Waals surface area contributed by atoms with Crippen molar-refractivity contribution >= 4 is 15.9 Å². The van der Waals surface area contributed by atoms with Crippen molar-refractivity contribution in [1.29, 1.82) is 0 Å². The topological polar surface area (TPSA) is 24.1 Å². The summed E-state index contributed by atoms with van der Waals surface area (Å²) in [7, 11) is 0. The Kier molecular flexibility index (Phi) is 5.36. The molecule has 0 amide bonds. The van der Waals surface area contributed by atoms with Gasteiger partial charge in [-0.2, -0.15) is 0 Å². The van der Waals surface area contributed by atoms with Crippen LogP contribution < -0.4 is 10.6 Å². The summed E-state index contributed by atoms with van der Waals surface area (Å²) in [5, 5.41) is 7.67. The molecular formula is C18H27BrN2. The summed E-state index contributed by atoms with van der Waals surface area (Å²) in [5.74, 6) is 0.822. The van der Waals surface area contributed by atoms with E-state index in [0.717, 1.165) is 16.4 Å². The number of nitrogens with one attached hydrogen (secondary N) is 2. The molecule has 1 aliphatic heterocycles. The van der Waals surface area contributed by atoms with Crippen molar-refractivity contribution in [3.05, 3.63) is 34.3 Å². The lowest BCUT2D eigenvalue weighted by Crippen LogP contribution is -2.47. The molecule has 4 atom stereocenters. The molecule has 0 spiro atoms. The van der Waals surface area contributed by atoms with Crippen molar-refractivity contribution in [1.82, 2.24) is 10.6 Å². The summed E-state index contributed by atoms with van der Waals surface area (Å²) in [6.07, 6.45) is 8.24. The van der Waals surface area contributed by atoms with Gasteiger partial charge in [0.1, 0.15) is 0 Å². The molecule has 0 radical (unpaired) electrons. The molecule has 3 rings (SSSR count). The zero-order valence-corrected chi connectivity index (χ0v) is 14.5. The Hall–Kier alpha value is -0.380. The number of piperidine rings is 1. The van der Waals surface area contributed by atoms with E-state index < -0.39 is 0 Å². The van der Waals surface area contributed by atoms with Gasteiger partial charge in [-0.05, 0) is 62.8 Å². The molecule has 116 valence electrons. The molecule has 2 N–H and O–H groups in total. The third-order valence-electron chi connectivity index (χ3n) is 5.27. The maximum Gasteiger partial charge on any atom is 0.0294 e. The normalized spacial score (nSPS) is 31.2. The molecule has 2 aliphatic rings. The molecule has 1 saturated heterocycles. The first-order valence-corrected chi connectivity index (χ1v) is 9.28. The van der Waals surface area contributed by atoms with Crippen LogP contribution >= 0.6 is 15.9 Å². The van der Waals surface area contributed by atoms with Gasteiger partial charge >= 0.3 is 0 Å². The van der Waals surface area contributed by atoms with Crippen molar-refractivity contribution in [2.24, 2.45) is 5.92 Å². The fraction of sp³-hybridized carbons (Fsp3) is 0.667. The second-order valence-corrected chi connectivity index (χ2v) is 7.61. The minimum Gasteiger partial charge on any atom is -0.314 e. The standard InChI is InChI=1S/C18H27BrN2/c1-13(14-8-10-15(19)11-9-14)21-18-7-4-5-16(18)17-6-2-3-12-20-17/h8-11,13,16-18,20-21H,2-7,12H2,1H3. The Morgan fingerprint density at radius 2 is 1.90 bits per heavy atom. The van der Waals surface area contributed by atoms with Gasteiger partial charge < -0.3 is 10.6 Å². The predicted molar refractivity (Wildman–Crippen MR) is 92.5 cm³/mol. The van der Waals surface area contributed by atoms with Crippen molar-refractivity contribution in [2.75, 3.05) is 6.54 Å². The highest BCUT2D eigenvalue weighted by Crippen LogP contribution is 2.33. The lowest BCUT2D eigenvalue weighted by molar-refractivity contribution is 0.248. The van der Waals surface area contributed by atoms with E-state index >= 15 is 0 Å². The molecule has 1 aliphatic carbocycles. The summed E-state index contributed by atoms with van der Waals surface area (Å²) >= 11 is 3.52. The number of hydrogen-bond donors (Lipinski definition) is 2. The van der Waals surface area contributed by atoms with Gasteiger partial charge in [0.15, 0.2) is 0 Å². The predicted octanol–water partition coefficient (Wildman–Crippen LogP) is 4.41. The van der Waals surface area contributed by atoms with Gasteiger partial charge in [-0.25, -0.2) is 0 Å². The van der Waals surface area contributed by atoms with E-state index in [9.17, 15) is 0 Å². The van der Waals surface area contributed by atoms with Crippen LogP contribution in [0.15, 0.2) is 28.7 Å². The van der Waals surface area contributed by atoms with Crippen molar-refractivity contribution in [3.8, 4) is 0 Å². The van der Waals surface area contributed by atoms with Crippen LogP contribution in [0.2, 0.25) is 0 Å². The number of benzene rings is 1. The van der Waals surface area contributed by atoms with Gasteiger partial charge in [-0.15, -0.1) is 0 Å². The summed E-state index contributed by atoms with van der Waals surface area (Å²) in [4.78, 5) is 0. The molecule has 0 aromatic heterocycles. The maximum absolute atomic E-state index is 3.91. The Balaban J connectivity index is 1.61. The quantitative estimate of drug-likeness (QED) is 0.840. The van der Waals surface area contributed by atoms with E-state index in [0.29, 0.717) is 12.1 Å². The second-order valence-electron chi connectivity index (χ2n) is 6.70. The fourth-order valence-corrected chi connectivity index (χ4v) is 4.35. The summed E-state index contributed by atoms with van der Waals surface area (Å²) in [5.41, 5.74) is 1.39. The van der Waals surface area contributed by atoms with Gasteiger partial charge in [-0.3, -0.25) is 0 Å². The summed E-state index contributed by atoms with van der Waals surface area (Å²) < 4.78 is 1.16.